The van der Waals surface area contributed by atoms with Gasteiger partial charge in [0.05, 0.1) is 5.75 Å². The van der Waals surface area contributed by atoms with Crippen LogP contribution in [0.1, 0.15) is 25.0 Å². The Kier molecular flexibility index (Phi) is 4.70. The van der Waals surface area contributed by atoms with E-state index in [2.05, 4.69) is 36.9 Å². The summed E-state index contributed by atoms with van der Waals surface area (Å²) in [7, 11) is -3.05. The van der Waals surface area contributed by atoms with Crippen LogP contribution >= 0.6 is 0 Å². The van der Waals surface area contributed by atoms with Gasteiger partial charge in [-0.3, -0.25) is 0 Å². The van der Waals surface area contributed by atoms with Gasteiger partial charge in [-0.15, -0.1) is 0 Å². The van der Waals surface area contributed by atoms with E-state index >= 15 is 0 Å². The summed E-state index contributed by atoms with van der Waals surface area (Å²) in [5.41, 5.74) is 3.91. The maximum Gasteiger partial charge on any atom is 0.213 e. The van der Waals surface area contributed by atoms with Gasteiger partial charge in [-0.2, -0.15) is 4.31 Å². The Morgan fingerprint density at radius 3 is 2.30 bits per heavy atom. The van der Waals surface area contributed by atoms with Crippen LogP contribution in [0.5, 0.6) is 0 Å². The first kappa shape index (κ1) is 15.3. The van der Waals surface area contributed by atoms with E-state index in [1.807, 2.05) is 0 Å². The molecule has 1 fully saturated rings. The molecule has 112 valence electrons. The molecule has 0 radical (unpaired) electrons. The minimum atomic E-state index is -3.05. The zero-order chi connectivity index (χ0) is 14.8. The Bertz CT molecular complexity index is 561. The standard InChI is InChI=1S/C15H24N2O2S/c1-4-14-8-6-7-13(3)15(14)16-9-11-17(12-10-16)20(18,19)5-2/h6-8H,4-5,9-12H2,1-3H3. The molecule has 0 saturated carbocycles. The average Bonchev–Trinajstić information content (AvgIpc) is 2.47. The van der Waals surface area contributed by atoms with E-state index in [-0.39, 0.29) is 5.75 Å². The highest BCUT2D eigenvalue weighted by Gasteiger charge is 2.26. The van der Waals surface area contributed by atoms with Gasteiger partial charge in [0.1, 0.15) is 0 Å². The summed E-state index contributed by atoms with van der Waals surface area (Å²) < 4.78 is 25.4. The van der Waals surface area contributed by atoms with Crippen LogP contribution < -0.4 is 4.90 Å². The summed E-state index contributed by atoms with van der Waals surface area (Å²) in [6.45, 7) is 8.73. The van der Waals surface area contributed by atoms with Gasteiger partial charge in [0, 0.05) is 31.9 Å². The fraction of sp³-hybridized carbons (Fsp3) is 0.600. The second kappa shape index (κ2) is 6.14. The SMILES string of the molecule is CCc1cccc(C)c1N1CCN(S(=O)(=O)CC)CC1. The van der Waals surface area contributed by atoms with Crippen molar-refractivity contribution in [3.05, 3.63) is 29.3 Å². The predicted molar refractivity (Wildman–Crippen MR) is 83.8 cm³/mol. The number of nitrogens with zero attached hydrogens (tertiary/aromatic N) is 2. The van der Waals surface area contributed by atoms with Crippen molar-refractivity contribution >= 4 is 15.7 Å². The maximum absolute atomic E-state index is 11.9. The van der Waals surface area contributed by atoms with Crippen LogP contribution in [0, 0.1) is 6.92 Å². The lowest BCUT2D eigenvalue weighted by atomic mass is 10.0. The number of hydrogen-bond donors (Lipinski definition) is 0. The zero-order valence-electron chi connectivity index (χ0n) is 12.6. The molecule has 0 aromatic heterocycles. The molecule has 0 atom stereocenters. The van der Waals surface area contributed by atoms with E-state index in [0.29, 0.717) is 13.1 Å². The normalized spacial score (nSPS) is 17.4. The first-order valence-electron chi connectivity index (χ1n) is 7.30. The molecule has 5 heteroatoms. The largest absolute Gasteiger partial charge is 0.368 e. The van der Waals surface area contributed by atoms with Gasteiger partial charge in [-0.1, -0.05) is 25.1 Å². The first-order chi connectivity index (χ1) is 9.49. The molecule has 1 aromatic carbocycles. The lowest BCUT2D eigenvalue weighted by Crippen LogP contribution is -2.49. The van der Waals surface area contributed by atoms with Crippen molar-refractivity contribution in [1.82, 2.24) is 4.31 Å². The molecule has 1 aromatic rings. The van der Waals surface area contributed by atoms with Gasteiger partial charge in [-0.25, -0.2) is 8.42 Å². The second-order valence-corrected chi connectivity index (χ2v) is 7.48. The van der Waals surface area contributed by atoms with Crippen LogP contribution in [0.25, 0.3) is 0 Å². The number of para-hydroxylation sites is 1. The highest BCUT2D eigenvalue weighted by atomic mass is 32.2. The summed E-state index contributed by atoms with van der Waals surface area (Å²) in [5, 5.41) is 0. The number of benzene rings is 1. The molecule has 0 aliphatic carbocycles. The molecule has 0 N–H and O–H groups in total. The third kappa shape index (κ3) is 2.99. The molecule has 1 heterocycles. The summed E-state index contributed by atoms with van der Waals surface area (Å²) in [6.07, 6.45) is 1.00. The highest BCUT2D eigenvalue weighted by Crippen LogP contribution is 2.27. The number of aryl methyl sites for hydroxylation is 2. The minimum Gasteiger partial charge on any atom is -0.368 e. The Morgan fingerprint density at radius 2 is 1.75 bits per heavy atom. The van der Waals surface area contributed by atoms with Crippen LogP contribution in [-0.2, 0) is 16.4 Å². The third-order valence-corrected chi connectivity index (χ3v) is 5.90. The third-order valence-electron chi connectivity index (χ3n) is 4.02. The molecule has 1 aliphatic rings. The number of piperazine rings is 1. The van der Waals surface area contributed by atoms with Crippen LogP contribution in [0.4, 0.5) is 5.69 Å². The van der Waals surface area contributed by atoms with Crippen molar-refractivity contribution < 1.29 is 8.42 Å². The molecule has 0 bridgehead atoms. The van der Waals surface area contributed by atoms with Crippen molar-refractivity contribution in [2.24, 2.45) is 0 Å². The molecule has 1 saturated heterocycles. The lowest BCUT2D eigenvalue weighted by Gasteiger charge is -2.37. The van der Waals surface area contributed by atoms with Gasteiger partial charge in [0.15, 0.2) is 0 Å². The van der Waals surface area contributed by atoms with Gasteiger partial charge >= 0.3 is 0 Å². The summed E-state index contributed by atoms with van der Waals surface area (Å²) in [5.74, 6) is 0.192. The molecule has 0 spiro atoms. The zero-order valence-corrected chi connectivity index (χ0v) is 13.4. The van der Waals surface area contributed by atoms with E-state index < -0.39 is 10.0 Å². The molecule has 20 heavy (non-hydrogen) atoms. The Labute approximate surface area is 122 Å². The topological polar surface area (TPSA) is 40.6 Å². The van der Waals surface area contributed by atoms with Crippen LogP contribution in [0.15, 0.2) is 18.2 Å². The second-order valence-electron chi connectivity index (χ2n) is 5.22. The Balaban J connectivity index is 2.16. The molecular weight excluding hydrogens is 272 g/mol. The van der Waals surface area contributed by atoms with E-state index in [9.17, 15) is 8.42 Å². The number of anilines is 1. The van der Waals surface area contributed by atoms with Crippen LogP contribution in [0.2, 0.25) is 0 Å². The van der Waals surface area contributed by atoms with Gasteiger partial charge in [0.2, 0.25) is 10.0 Å². The van der Waals surface area contributed by atoms with Crippen molar-refractivity contribution in [2.75, 3.05) is 36.8 Å². The van der Waals surface area contributed by atoms with Gasteiger partial charge in [0.25, 0.3) is 0 Å². The summed E-state index contributed by atoms with van der Waals surface area (Å²) in [6, 6.07) is 6.39. The van der Waals surface area contributed by atoms with Crippen molar-refractivity contribution in [2.45, 2.75) is 27.2 Å². The molecule has 0 amide bonds. The predicted octanol–water partition coefficient (Wildman–Crippen LogP) is 2.03. The summed E-state index contributed by atoms with van der Waals surface area (Å²) in [4.78, 5) is 2.33. The van der Waals surface area contributed by atoms with Gasteiger partial charge in [-0.05, 0) is 31.4 Å². The maximum atomic E-state index is 11.9. The van der Waals surface area contributed by atoms with E-state index in [1.54, 1.807) is 11.2 Å². The smallest absolute Gasteiger partial charge is 0.213 e. The number of hydrogen-bond acceptors (Lipinski definition) is 3. The van der Waals surface area contributed by atoms with Crippen molar-refractivity contribution in [3.63, 3.8) is 0 Å². The lowest BCUT2D eigenvalue weighted by molar-refractivity contribution is 0.385. The first-order valence-corrected chi connectivity index (χ1v) is 8.91. The van der Waals surface area contributed by atoms with Crippen LogP contribution in [0.3, 0.4) is 0 Å². The molecule has 4 nitrogen and oxygen atoms in total. The van der Waals surface area contributed by atoms with Gasteiger partial charge < -0.3 is 4.90 Å². The van der Waals surface area contributed by atoms with E-state index in [4.69, 9.17) is 0 Å². The molecule has 1 aliphatic heterocycles. The molecular formula is C15H24N2O2S. The average molecular weight is 296 g/mol. The van der Waals surface area contributed by atoms with E-state index in [1.165, 1.54) is 16.8 Å². The fourth-order valence-corrected chi connectivity index (χ4v) is 3.91. The van der Waals surface area contributed by atoms with Crippen molar-refractivity contribution in [1.29, 1.82) is 0 Å². The highest BCUT2D eigenvalue weighted by molar-refractivity contribution is 7.89. The molecule has 2 rings (SSSR count). The molecule has 0 unspecified atom stereocenters. The number of rotatable bonds is 4. The monoisotopic (exact) mass is 296 g/mol. The quantitative estimate of drug-likeness (QED) is 0.853. The minimum absolute atomic E-state index is 0.192. The van der Waals surface area contributed by atoms with E-state index in [0.717, 1.165) is 19.5 Å². The summed E-state index contributed by atoms with van der Waals surface area (Å²) >= 11 is 0. The fourth-order valence-electron chi connectivity index (χ4n) is 2.83. The Hall–Kier alpha value is -1.07. The Morgan fingerprint density at radius 1 is 1.10 bits per heavy atom. The number of sulfonamides is 1. The van der Waals surface area contributed by atoms with Crippen LogP contribution in [-0.4, -0.2) is 44.7 Å². The van der Waals surface area contributed by atoms with Crippen molar-refractivity contribution in [3.8, 4) is 0 Å².